The van der Waals surface area contributed by atoms with E-state index < -0.39 is 0 Å². The first kappa shape index (κ1) is 14.9. The molecule has 2 N–H and O–H groups in total. The normalized spacial score (nSPS) is 25.8. The molecule has 0 radical (unpaired) electrons. The van der Waals surface area contributed by atoms with Gasteiger partial charge in [0.1, 0.15) is 0 Å². The van der Waals surface area contributed by atoms with Crippen LogP contribution in [0.3, 0.4) is 0 Å². The van der Waals surface area contributed by atoms with E-state index in [0.717, 1.165) is 5.92 Å². The third-order valence-electron chi connectivity index (χ3n) is 3.74. The van der Waals surface area contributed by atoms with Gasteiger partial charge in [0.2, 0.25) is 0 Å². The van der Waals surface area contributed by atoms with Gasteiger partial charge in [-0.2, -0.15) is 0 Å². The highest BCUT2D eigenvalue weighted by Crippen LogP contribution is 2.23. The Labute approximate surface area is 107 Å². The molecular weight excluding hydrogens is 210 g/mol. The maximum atomic E-state index is 6.07. The van der Waals surface area contributed by atoms with Gasteiger partial charge in [0, 0.05) is 25.7 Å². The average Bonchev–Trinajstić information content (AvgIpc) is 2.26. The molecule has 2 atom stereocenters. The second-order valence-corrected chi connectivity index (χ2v) is 5.90. The van der Waals surface area contributed by atoms with Crippen molar-refractivity contribution >= 4 is 0 Å². The van der Waals surface area contributed by atoms with Crippen LogP contribution in [0, 0.1) is 5.92 Å². The highest BCUT2D eigenvalue weighted by atomic mass is 15.2. The lowest BCUT2D eigenvalue weighted by molar-refractivity contribution is 0.179. The lowest BCUT2D eigenvalue weighted by Crippen LogP contribution is -2.39. The number of nitrogens with zero attached hydrogens (tertiary/aromatic N) is 2. The molecule has 0 bridgehead atoms. The zero-order chi connectivity index (χ0) is 12.7. The smallest absolute Gasteiger partial charge is 0.0109 e. The van der Waals surface area contributed by atoms with Crippen molar-refractivity contribution in [3.63, 3.8) is 0 Å². The molecule has 1 fully saturated rings. The quantitative estimate of drug-likeness (QED) is 0.737. The third kappa shape index (κ3) is 6.39. The SMILES string of the molecule is CCCN(CCN(C)C)CC1CCCC(N)C1. The first-order chi connectivity index (χ1) is 8.11. The number of rotatable bonds is 7. The van der Waals surface area contributed by atoms with Gasteiger partial charge in [-0.3, -0.25) is 0 Å². The standard InChI is InChI=1S/C14H31N3/c1-4-8-17(10-9-16(2)3)12-13-6-5-7-14(15)11-13/h13-14H,4-12,15H2,1-3H3. The van der Waals surface area contributed by atoms with E-state index in [2.05, 4.69) is 30.8 Å². The van der Waals surface area contributed by atoms with Gasteiger partial charge in [-0.25, -0.2) is 0 Å². The van der Waals surface area contributed by atoms with Crippen molar-refractivity contribution in [2.24, 2.45) is 11.7 Å². The monoisotopic (exact) mass is 241 g/mol. The van der Waals surface area contributed by atoms with Crippen LogP contribution in [0.25, 0.3) is 0 Å². The maximum Gasteiger partial charge on any atom is 0.0109 e. The van der Waals surface area contributed by atoms with Gasteiger partial charge >= 0.3 is 0 Å². The van der Waals surface area contributed by atoms with Crippen LogP contribution in [0.5, 0.6) is 0 Å². The molecule has 3 nitrogen and oxygen atoms in total. The maximum absolute atomic E-state index is 6.07. The van der Waals surface area contributed by atoms with Crippen molar-refractivity contribution < 1.29 is 0 Å². The van der Waals surface area contributed by atoms with Gasteiger partial charge < -0.3 is 15.5 Å². The van der Waals surface area contributed by atoms with Crippen molar-refractivity contribution in [2.45, 2.75) is 45.1 Å². The number of hydrogen-bond acceptors (Lipinski definition) is 3. The molecule has 2 unspecified atom stereocenters. The lowest BCUT2D eigenvalue weighted by atomic mass is 9.86. The van der Waals surface area contributed by atoms with E-state index in [0.29, 0.717) is 6.04 Å². The minimum Gasteiger partial charge on any atom is -0.328 e. The van der Waals surface area contributed by atoms with E-state index in [4.69, 9.17) is 5.73 Å². The van der Waals surface area contributed by atoms with Crippen LogP contribution in [-0.4, -0.2) is 56.1 Å². The molecule has 1 aliphatic carbocycles. The zero-order valence-corrected chi connectivity index (χ0v) is 12.0. The first-order valence-corrected chi connectivity index (χ1v) is 7.24. The second-order valence-electron chi connectivity index (χ2n) is 5.90. The Balaban J connectivity index is 2.31. The molecular formula is C14H31N3. The molecule has 3 heteroatoms. The van der Waals surface area contributed by atoms with Crippen LogP contribution in [0.2, 0.25) is 0 Å². The summed E-state index contributed by atoms with van der Waals surface area (Å²) in [5, 5.41) is 0. The Morgan fingerprint density at radius 3 is 2.47 bits per heavy atom. The minimum absolute atomic E-state index is 0.464. The van der Waals surface area contributed by atoms with Crippen molar-refractivity contribution in [1.29, 1.82) is 0 Å². The first-order valence-electron chi connectivity index (χ1n) is 7.24. The van der Waals surface area contributed by atoms with Gasteiger partial charge in [-0.1, -0.05) is 13.3 Å². The van der Waals surface area contributed by atoms with Crippen LogP contribution in [0.1, 0.15) is 39.0 Å². The summed E-state index contributed by atoms with van der Waals surface area (Å²) in [5.41, 5.74) is 6.07. The molecule has 0 aromatic carbocycles. The highest BCUT2D eigenvalue weighted by molar-refractivity contribution is 4.77. The van der Waals surface area contributed by atoms with Crippen molar-refractivity contribution in [3.05, 3.63) is 0 Å². The summed E-state index contributed by atoms with van der Waals surface area (Å²) in [6.45, 7) is 7.13. The van der Waals surface area contributed by atoms with Crippen LogP contribution >= 0.6 is 0 Å². The Morgan fingerprint density at radius 2 is 1.88 bits per heavy atom. The van der Waals surface area contributed by atoms with Crippen LogP contribution in [0.15, 0.2) is 0 Å². The van der Waals surface area contributed by atoms with Crippen molar-refractivity contribution in [2.75, 3.05) is 40.3 Å². The van der Waals surface area contributed by atoms with Crippen LogP contribution < -0.4 is 5.73 Å². The Morgan fingerprint density at radius 1 is 1.12 bits per heavy atom. The molecule has 0 aromatic rings. The van der Waals surface area contributed by atoms with Gasteiger partial charge in [-0.15, -0.1) is 0 Å². The van der Waals surface area contributed by atoms with Gasteiger partial charge in [0.15, 0.2) is 0 Å². The molecule has 1 rings (SSSR count). The molecule has 0 aliphatic heterocycles. The number of nitrogens with two attached hydrogens (primary N) is 1. The summed E-state index contributed by atoms with van der Waals surface area (Å²) in [6.07, 6.45) is 6.45. The molecule has 1 aliphatic rings. The summed E-state index contributed by atoms with van der Waals surface area (Å²) in [6, 6.07) is 0.464. The van der Waals surface area contributed by atoms with Gasteiger partial charge in [0.25, 0.3) is 0 Å². The fourth-order valence-electron chi connectivity index (χ4n) is 2.82. The summed E-state index contributed by atoms with van der Waals surface area (Å²) in [7, 11) is 4.31. The molecule has 17 heavy (non-hydrogen) atoms. The Bertz CT molecular complexity index is 194. The number of hydrogen-bond donors (Lipinski definition) is 1. The predicted octanol–water partition coefficient (Wildman–Crippen LogP) is 1.78. The molecule has 0 saturated heterocycles. The lowest BCUT2D eigenvalue weighted by Gasteiger charge is -2.32. The van der Waals surface area contributed by atoms with Crippen molar-refractivity contribution in [1.82, 2.24) is 9.80 Å². The molecule has 1 saturated carbocycles. The summed E-state index contributed by atoms with van der Waals surface area (Å²) < 4.78 is 0. The molecule has 102 valence electrons. The Kier molecular flexibility index (Phi) is 7.09. The van der Waals surface area contributed by atoms with Crippen molar-refractivity contribution in [3.8, 4) is 0 Å². The number of likely N-dealkylation sites (N-methyl/N-ethyl adjacent to an activating group) is 1. The fourth-order valence-corrected chi connectivity index (χ4v) is 2.82. The van der Waals surface area contributed by atoms with Crippen LogP contribution in [0.4, 0.5) is 0 Å². The molecule has 0 aromatic heterocycles. The zero-order valence-electron chi connectivity index (χ0n) is 12.0. The third-order valence-corrected chi connectivity index (χ3v) is 3.74. The van der Waals surface area contributed by atoms with E-state index in [-0.39, 0.29) is 0 Å². The average molecular weight is 241 g/mol. The summed E-state index contributed by atoms with van der Waals surface area (Å²) >= 11 is 0. The summed E-state index contributed by atoms with van der Waals surface area (Å²) in [4.78, 5) is 4.90. The minimum atomic E-state index is 0.464. The fraction of sp³-hybridized carbons (Fsp3) is 1.00. The highest BCUT2D eigenvalue weighted by Gasteiger charge is 2.21. The van der Waals surface area contributed by atoms with Gasteiger partial charge in [0.05, 0.1) is 0 Å². The largest absolute Gasteiger partial charge is 0.328 e. The van der Waals surface area contributed by atoms with Crippen LogP contribution in [-0.2, 0) is 0 Å². The second kappa shape index (κ2) is 8.06. The van der Waals surface area contributed by atoms with Gasteiger partial charge in [-0.05, 0) is 52.2 Å². The molecule has 0 amide bonds. The molecule has 0 heterocycles. The van der Waals surface area contributed by atoms with E-state index in [1.165, 1.54) is 58.3 Å². The predicted molar refractivity (Wildman–Crippen MR) is 75.2 cm³/mol. The van der Waals surface area contributed by atoms with E-state index >= 15 is 0 Å². The van der Waals surface area contributed by atoms with E-state index in [9.17, 15) is 0 Å². The molecule has 0 spiro atoms. The van der Waals surface area contributed by atoms with E-state index in [1.807, 2.05) is 0 Å². The van der Waals surface area contributed by atoms with E-state index in [1.54, 1.807) is 0 Å². The Hall–Kier alpha value is -0.120. The summed E-state index contributed by atoms with van der Waals surface area (Å²) in [5.74, 6) is 0.840. The topological polar surface area (TPSA) is 32.5 Å².